The van der Waals surface area contributed by atoms with Crippen LogP contribution in [0.1, 0.15) is 11.8 Å². The smallest absolute Gasteiger partial charge is 0.337 e. The molecule has 0 saturated carbocycles. The molecule has 26 heavy (non-hydrogen) atoms. The Bertz CT molecular complexity index is 801. The molecule has 0 fully saturated rings. The highest BCUT2D eigenvalue weighted by Crippen LogP contribution is 2.21. The van der Waals surface area contributed by atoms with Crippen LogP contribution in [-0.4, -0.2) is 45.7 Å². The molecule has 0 saturated heterocycles. The highest BCUT2D eigenvalue weighted by molar-refractivity contribution is 7.99. The summed E-state index contributed by atoms with van der Waals surface area (Å²) >= 11 is 3.14. The van der Waals surface area contributed by atoms with Gasteiger partial charge >= 0.3 is 12.0 Å². The molecule has 2 aromatic rings. The van der Waals surface area contributed by atoms with Crippen molar-refractivity contribution >= 4 is 35.1 Å². The zero-order chi connectivity index (χ0) is 18.4. The van der Waals surface area contributed by atoms with E-state index in [2.05, 4.69) is 32.3 Å². The Morgan fingerprint density at radius 3 is 3.15 bits per heavy atom. The molecule has 0 radical (unpaired) electrons. The fraction of sp³-hybridized carbons (Fsp3) is 0.375. The summed E-state index contributed by atoms with van der Waals surface area (Å²) in [4.78, 5) is 25.0. The van der Waals surface area contributed by atoms with Crippen LogP contribution in [0.5, 0.6) is 0 Å². The van der Waals surface area contributed by atoms with Gasteiger partial charge in [0, 0.05) is 22.9 Å². The summed E-state index contributed by atoms with van der Waals surface area (Å²) in [6, 6.07) is 3.81. The van der Waals surface area contributed by atoms with Crippen molar-refractivity contribution in [3.8, 4) is 0 Å². The summed E-state index contributed by atoms with van der Waals surface area (Å²) in [5.41, 5.74) is 0.980. The molecule has 8 nitrogen and oxygen atoms in total. The van der Waals surface area contributed by atoms with E-state index < -0.39 is 5.97 Å². The number of aromatic nitrogens is 3. The highest BCUT2D eigenvalue weighted by atomic mass is 32.2. The largest absolute Gasteiger partial charge is 0.463 e. The van der Waals surface area contributed by atoms with Crippen molar-refractivity contribution in [1.82, 2.24) is 25.4 Å². The van der Waals surface area contributed by atoms with Crippen LogP contribution < -0.4 is 10.6 Å². The first kappa shape index (κ1) is 18.5. The van der Waals surface area contributed by atoms with Gasteiger partial charge in [-0.05, 0) is 24.8 Å². The summed E-state index contributed by atoms with van der Waals surface area (Å²) in [6.45, 7) is 2.96. The van der Waals surface area contributed by atoms with Crippen LogP contribution in [0.2, 0.25) is 0 Å². The number of rotatable bonds is 8. The summed E-state index contributed by atoms with van der Waals surface area (Å²) in [5.74, 6) is -0.0195. The molecule has 0 unspecified atom stereocenters. The number of carbonyl (C=O) groups excluding carboxylic acids is 2. The van der Waals surface area contributed by atoms with Crippen molar-refractivity contribution in [1.29, 1.82) is 0 Å². The van der Waals surface area contributed by atoms with Crippen molar-refractivity contribution in [3.63, 3.8) is 0 Å². The lowest BCUT2D eigenvalue weighted by molar-refractivity contribution is -0.138. The van der Waals surface area contributed by atoms with Crippen LogP contribution in [0.3, 0.4) is 0 Å². The van der Waals surface area contributed by atoms with Gasteiger partial charge in [0.1, 0.15) is 6.33 Å². The summed E-state index contributed by atoms with van der Waals surface area (Å²) in [5, 5.41) is 16.2. The third kappa shape index (κ3) is 4.64. The molecule has 0 aliphatic carbocycles. The van der Waals surface area contributed by atoms with E-state index in [0.717, 1.165) is 18.1 Å². The molecule has 0 atom stereocenters. The van der Waals surface area contributed by atoms with Gasteiger partial charge in [0.15, 0.2) is 5.16 Å². The van der Waals surface area contributed by atoms with E-state index in [1.165, 1.54) is 16.6 Å². The minimum atomic E-state index is -0.422. The van der Waals surface area contributed by atoms with Gasteiger partial charge in [-0.3, -0.25) is 0 Å². The molecular weight excluding hydrogens is 374 g/mol. The van der Waals surface area contributed by atoms with Crippen molar-refractivity contribution in [3.05, 3.63) is 40.0 Å². The van der Waals surface area contributed by atoms with Gasteiger partial charge < -0.3 is 19.9 Å². The summed E-state index contributed by atoms with van der Waals surface area (Å²) in [6.07, 6.45) is 2.60. The Morgan fingerprint density at radius 1 is 1.50 bits per heavy atom. The van der Waals surface area contributed by atoms with Gasteiger partial charge in [0.05, 0.1) is 18.7 Å². The molecule has 1 aliphatic heterocycles. The zero-order valence-electron chi connectivity index (χ0n) is 14.2. The average Bonchev–Trinajstić information content (AvgIpc) is 3.30. The topological polar surface area (TPSA) is 98.1 Å². The quantitative estimate of drug-likeness (QED) is 0.524. The minimum absolute atomic E-state index is 0.158. The first-order chi connectivity index (χ1) is 12.7. The second-order valence-electron chi connectivity index (χ2n) is 5.41. The lowest BCUT2D eigenvalue weighted by atomic mass is 10.2. The maximum absolute atomic E-state index is 12.1. The molecule has 1 aliphatic rings. The predicted octanol–water partition coefficient (Wildman–Crippen LogP) is 1.80. The number of ether oxygens (including phenoxy) is 1. The zero-order valence-corrected chi connectivity index (χ0v) is 15.9. The number of esters is 1. The number of nitrogens with one attached hydrogen (secondary N) is 2. The molecule has 3 rings (SSSR count). The monoisotopic (exact) mass is 393 g/mol. The standard InChI is InChI=1S/C16H19N5O3S2/c1-2-24-14(22)12-8-17-15(23)19-13(12)9-26-16-20-18-10-21(16)6-5-11-4-3-7-25-11/h3-4,7,10H,2,5-6,8-9H2,1H3,(H2,17,19,23). The maximum atomic E-state index is 12.1. The number of nitrogens with zero attached hydrogens (tertiary/aromatic N) is 3. The lowest BCUT2D eigenvalue weighted by Crippen LogP contribution is -2.44. The van der Waals surface area contributed by atoms with Crippen LogP contribution in [0.15, 0.2) is 40.3 Å². The molecule has 0 bridgehead atoms. The second kappa shape index (κ2) is 8.86. The molecule has 2 amide bonds. The molecule has 2 N–H and O–H groups in total. The fourth-order valence-electron chi connectivity index (χ4n) is 2.40. The number of urea groups is 1. The molecule has 2 aromatic heterocycles. The maximum Gasteiger partial charge on any atom is 0.337 e. The Labute approximate surface area is 159 Å². The Kier molecular flexibility index (Phi) is 6.29. The van der Waals surface area contributed by atoms with Crippen LogP contribution in [-0.2, 0) is 22.5 Å². The van der Waals surface area contributed by atoms with Crippen molar-refractivity contribution in [2.24, 2.45) is 0 Å². The molecular formula is C16H19N5O3S2. The van der Waals surface area contributed by atoms with Crippen molar-refractivity contribution < 1.29 is 14.3 Å². The Hall–Kier alpha value is -2.33. The average molecular weight is 393 g/mol. The van der Waals surface area contributed by atoms with Gasteiger partial charge in [-0.2, -0.15) is 0 Å². The summed E-state index contributed by atoms with van der Waals surface area (Å²) < 4.78 is 7.03. The Morgan fingerprint density at radius 2 is 2.38 bits per heavy atom. The molecule has 0 aromatic carbocycles. The molecule has 10 heteroatoms. The van der Waals surface area contributed by atoms with E-state index >= 15 is 0 Å². The number of thiophene rings is 1. The van der Waals surface area contributed by atoms with E-state index in [9.17, 15) is 9.59 Å². The molecule has 0 spiro atoms. The molecule has 3 heterocycles. The van der Waals surface area contributed by atoms with E-state index in [0.29, 0.717) is 17.0 Å². The van der Waals surface area contributed by atoms with E-state index in [-0.39, 0.29) is 19.2 Å². The van der Waals surface area contributed by atoms with Crippen LogP contribution in [0, 0.1) is 0 Å². The minimum Gasteiger partial charge on any atom is -0.463 e. The second-order valence-corrected chi connectivity index (χ2v) is 7.38. The number of hydrogen-bond donors (Lipinski definition) is 2. The van der Waals surface area contributed by atoms with Gasteiger partial charge in [-0.1, -0.05) is 17.8 Å². The number of amides is 2. The van der Waals surface area contributed by atoms with E-state index in [4.69, 9.17) is 4.74 Å². The predicted molar refractivity (Wildman–Crippen MR) is 99.0 cm³/mol. The van der Waals surface area contributed by atoms with Crippen molar-refractivity contribution in [2.75, 3.05) is 18.9 Å². The number of aryl methyl sites for hydroxylation is 2. The number of carbonyl (C=O) groups is 2. The van der Waals surface area contributed by atoms with E-state index in [1.54, 1.807) is 24.6 Å². The van der Waals surface area contributed by atoms with Crippen LogP contribution in [0.25, 0.3) is 0 Å². The third-order valence-corrected chi connectivity index (χ3v) is 5.62. The van der Waals surface area contributed by atoms with Crippen LogP contribution >= 0.6 is 23.1 Å². The fourth-order valence-corrected chi connectivity index (χ4v) is 4.03. The number of hydrogen-bond acceptors (Lipinski definition) is 7. The first-order valence-corrected chi connectivity index (χ1v) is 10.0. The van der Waals surface area contributed by atoms with Gasteiger partial charge in [-0.15, -0.1) is 21.5 Å². The van der Waals surface area contributed by atoms with Crippen molar-refractivity contribution in [2.45, 2.75) is 25.0 Å². The Balaban J connectivity index is 1.66. The van der Waals surface area contributed by atoms with Gasteiger partial charge in [0.2, 0.25) is 0 Å². The van der Waals surface area contributed by atoms with Gasteiger partial charge in [-0.25, -0.2) is 9.59 Å². The normalized spacial score (nSPS) is 14.1. The highest BCUT2D eigenvalue weighted by Gasteiger charge is 2.24. The summed E-state index contributed by atoms with van der Waals surface area (Å²) in [7, 11) is 0. The third-order valence-electron chi connectivity index (χ3n) is 3.68. The van der Waals surface area contributed by atoms with Gasteiger partial charge in [0.25, 0.3) is 0 Å². The number of thioether (sulfide) groups is 1. The van der Waals surface area contributed by atoms with E-state index in [1.807, 2.05) is 10.6 Å². The SMILES string of the molecule is CCOC(=O)C1=C(CSc2nncn2CCc2cccs2)NC(=O)NC1. The van der Waals surface area contributed by atoms with Crippen LogP contribution in [0.4, 0.5) is 4.79 Å². The first-order valence-electron chi connectivity index (χ1n) is 8.14. The molecule has 138 valence electrons. The lowest BCUT2D eigenvalue weighted by Gasteiger charge is -2.21.